The van der Waals surface area contributed by atoms with Crippen molar-refractivity contribution in [2.45, 2.75) is 64.8 Å². The number of hydrogen-bond donors (Lipinski definition) is 1. The van der Waals surface area contributed by atoms with Gasteiger partial charge in [0.05, 0.1) is 11.7 Å². The van der Waals surface area contributed by atoms with Crippen LogP contribution in [0.1, 0.15) is 57.1 Å². The Labute approximate surface area is 124 Å². The van der Waals surface area contributed by atoms with Crippen LogP contribution in [0.5, 0.6) is 5.75 Å². The molecule has 120 valence electrons. The second kappa shape index (κ2) is 8.27. The van der Waals surface area contributed by atoms with Crippen LogP contribution < -0.4 is 10.5 Å². The van der Waals surface area contributed by atoms with Crippen LogP contribution in [0.4, 0.5) is 13.2 Å². The summed E-state index contributed by atoms with van der Waals surface area (Å²) in [5.41, 5.74) is 5.24. The van der Waals surface area contributed by atoms with E-state index >= 15 is 0 Å². The molecule has 0 spiro atoms. The maximum absolute atomic E-state index is 12.7. The van der Waals surface area contributed by atoms with Crippen LogP contribution in [0.15, 0.2) is 18.2 Å². The standard InChI is InChI=1S/C16H24F3NO/c1-3-4-5-6-7-12(2)21-15-9-8-14(16(17,18)19)10-13(15)11-20/h8-10,12H,3-7,11,20H2,1-2H3. The van der Waals surface area contributed by atoms with Crippen molar-refractivity contribution in [1.82, 2.24) is 0 Å². The second-order valence-electron chi connectivity index (χ2n) is 5.30. The van der Waals surface area contributed by atoms with E-state index in [9.17, 15) is 13.2 Å². The maximum atomic E-state index is 12.7. The van der Waals surface area contributed by atoms with E-state index in [4.69, 9.17) is 10.5 Å². The molecule has 0 radical (unpaired) electrons. The van der Waals surface area contributed by atoms with Gasteiger partial charge in [0.2, 0.25) is 0 Å². The minimum absolute atomic E-state index is 0.0242. The predicted molar refractivity (Wildman–Crippen MR) is 78.2 cm³/mol. The third-order valence-electron chi connectivity index (χ3n) is 3.40. The topological polar surface area (TPSA) is 35.2 Å². The van der Waals surface area contributed by atoms with Gasteiger partial charge in [-0.15, -0.1) is 0 Å². The Morgan fingerprint density at radius 1 is 1.19 bits per heavy atom. The molecule has 2 N–H and O–H groups in total. The summed E-state index contributed by atoms with van der Waals surface area (Å²) in [6.07, 6.45) is 1.10. The lowest BCUT2D eigenvalue weighted by molar-refractivity contribution is -0.137. The Morgan fingerprint density at radius 2 is 1.90 bits per heavy atom. The highest BCUT2D eigenvalue weighted by atomic mass is 19.4. The lowest BCUT2D eigenvalue weighted by Gasteiger charge is -2.18. The Bertz CT molecular complexity index is 432. The third-order valence-corrected chi connectivity index (χ3v) is 3.40. The lowest BCUT2D eigenvalue weighted by atomic mass is 10.1. The fraction of sp³-hybridized carbons (Fsp3) is 0.625. The van der Waals surface area contributed by atoms with Gasteiger partial charge in [0.15, 0.2) is 0 Å². The Morgan fingerprint density at radius 3 is 2.48 bits per heavy atom. The molecule has 0 saturated carbocycles. The molecule has 0 amide bonds. The van der Waals surface area contributed by atoms with Gasteiger partial charge in [0, 0.05) is 12.1 Å². The van der Waals surface area contributed by atoms with E-state index in [2.05, 4.69) is 6.92 Å². The zero-order valence-corrected chi connectivity index (χ0v) is 12.7. The van der Waals surface area contributed by atoms with Gasteiger partial charge in [-0.1, -0.05) is 26.2 Å². The number of hydrogen-bond acceptors (Lipinski definition) is 2. The van der Waals surface area contributed by atoms with Crippen molar-refractivity contribution in [1.29, 1.82) is 0 Å². The third kappa shape index (κ3) is 5.96. The SMILES string of the molecule is CCCCCCC(C)Oc1ccc(C(F)(F)F)cc1CN. The first-order valence-electron chi connectivity index (χ1n) is 7.45. The molecular weight excluding hydrogens is 279 g/mol. The summed E-state index contributed by atoms with van der Waals surface area (Å²) in [6, 6.07) is 3.48. The molecule has 1 unspecified atom stereocenters. The van der Waals surface area contributed by atoms with Crippen molar-refractivity contribution in [2.24, 2.45) is 5.73 Å². The Balaban J connectivity index is 2.66. The number of ether oxygens (including phenoxy) is 1. The van der Waals surface area contributed by atoms with Crippen LogP contribution in [0.3, 0.4) is 0 Å². The van der Waals surface area contributed by atoms with Crippen molar-refractivity contribution in [3.63, 3.8) is 0 Å². The van der Waals surface area contributed by atoms with E-state index in [0.717, 1.165) is 31.4 Å². The van der Waals surface area contributed by atoms with Gasteiger partial charge in [-0.2, -0.15) is 13.2 Å². The van der Waals surface area contributed by atoms with E-state index < -0.39 is 11.7 Å². The normalized spacial score (nSPS) is 13.2. The Kier molecular flexibility index (Phi) is 7.02. The summed E-state index contributed by atoms with van der Waals surface area (Å²) in [6.45, 7) is 4.11. The molecule has 0 bridgehead atoms. The van der Waals surface area contributed by atoms with Crippen molar-refractivity contribution in [3.8, 4) is 5.75 Å². The van der Waals surface area contributed by atoms with Gasteiger partial charge in [0.1, 0.15) is 5.75 Å². The molecule has 0 aliphatic rings. The average molecular weight is 303 g/mol. The van der Waals surface area contributed by atoms with E-state index in [-0.39, 0.29) is 12.6 Å². The molecule has 0 aromatic heterocycles. The monoisotopic (exact) mass is 303 g/mol. The first-order valence-corrected chi connectivity index (χ1v) is 7.45. The molecule has 0 heterocycles. The summed E-state index contributed by atoms with van der Waals surface area (Å²) >= 11 is 0. The van der Waals surface area contributed by atoms with Crippen LogP contribution in [0.2, 0.25) is 0 Å². The van der Waals surface area contributed by atoms with Crippen LogP contribution in [0, 0.1) is 0 Å². The molecule has 1 rings (SSSR count). The largest absolute Gasteiger partial charge is 0.490 e. The zero-order valence-electron chi connectivity index (χ0n) is 12.7. The molecule has 1 atom stereocenters. The quantitative estimate of drug-likeness (QED) is 0.693. The molecule has 2 nitrogen and oxygen atoms in total. The second-order valence-corrected chi connectivity index (χ2v) is 5.30. The van der Waals surface area contributed by atoms with Gasteiger partial charge >= 0.3 is 6.18 Å². The minimum Gasteiger partial charge on any atom is -0.490 e. The molecule has 0 aliphatic carbocycles. The molecular formula is C16H24F3NO. The molecule has 21 heavy (non-hydrogen) atoms. The summed E-state index contributed by atoms with van der Waals surface area (Å²) in [7, 11) is 0. The highest BCUT2D eigenvalue weighted by Crippen LogP contribution is 2.33. The fourth-order valence-electron chi connectivity index (χ4n) is 2.16. The Hall–Kier alpha value is -1.23. The molecule has 1 aromatic rings. The number of benzene rings is 1. The van der Waals surface area contributed by atoms with Gasteiger partial charge in [0.25, 0.3) is 0 Å². The highest BCUT2D eigenvalue weighted by molar-refractivity contribution is 5.38. The molecule has 5 heteroatoms. The van der Waals surface area contributed by atoms with Gasteiger partial charge in [-0.3, -0.25) is 0 Å². The van der Waals surface area contributed by atoms with Crippen molar-refractivity contribution < 1.29 is 17.9 Å². The minimum atomic E-state index is -4.35. The molecule has 1 aromatic carbocycles. The van der Waals surface area contributed by atoms with Crippen molar-refractivity contribution >= 4 is 0 Å². The van der Waals surface area contributed by atoms with Crippen LogP contribution in [-0.4, -0.2) is 6.10 Å². The van der Waals surface area contributed by atoms with Crippen molar-refractivity contribution in [3.05, 3.63) is 29.3 Å². The lowest BCUT2D eigenvalue weighted by Crippen LogP contribution is -2.15. The van der Waals surface area contributed by atoms with E-state index in [1.54, 1.807) is 0 Å². The summed E-state index contributed by atoms with van der Waals surface area (Å²) in [5, 5.41) is 0. The van der Waals surface area contributed by atoms with E-state index in [1.165, 1.54) is 18.9 Å². The van der Waals surface area contributed by atoms with Crippen LogP contribution in [-0.2, 0) is 12.7 Å². The average Bonchev–Trinajstić information content (AvgIpc) is 2.43. The number of rotatable bonds is 8. The van der Waals surface area contributed by atoms with E-state index in [0.29, 0.717) is 11.3 Å². The fourth-order valence-corrected chi connectivity index (χ4v) is 2.16. The smallest absolute Gasteiger partial charge is 0.416 e. The first-order chi connectivity index (χ1) is 9.88. The zero-order chi connectivity index (χ0) is 15.9. The van der Waals surface area contributed by atoms with E-state index in [1.807, 2.05) is 6.92 Å². The van der Waals surface area contributed by atoms with Crippen LogP contribution >= 0.6 is 0 Å². The van der Waals surface area contributed by atoms with Gasteiger partial charge in [-0.05, 0) is 38.0 Å². The summed E-state index contributed by atoms with van der Waals surface area (Å²) in [5.74, 6) is 0.452. The number of halogens is 3. The van der Waals surface area contributed by atoms with Crippen LogP contribution in [0.25, 0.3) is 0 Å². The maximum Gasteiger partial charge on any atom is 0.416 e. The summed E-state index contributed by atoms with van der Waals surface area (Å²) in [4.78, 5) is 0. The van der Waals surface area contributed by atoms with Gasteiger partial charge < -0.3 is 10.5 Å². The number of alkyl halides is 3. The first kappa shape index (κ1) is 17.8. The van der Waals surface area contributed by atoms with Crippen molar-refractivity contribution in [2.75, 3.05) is 0 Å². The predicted octanol–water partition coefficient (Wildman–Crippen LogP) is 4.90. The van der Waals surface area contributed by atoms with Gasteiger partial charge in [-0.25, -0.2) is 0 Å². The number of unbranched alkanes of at least 4 members (excludes halogenated alkanes) is 3. The molecule has 0 saturated heterocycles. The summed E-state index contributed by atoms with van der Waals surface area (Å²) < 4.78 is 43.7. The highest BCUT2D eigenvalue weighted by Gasteiger charge is 2.31. The molecule has 0 fully saturated rings. The molecule has 0 aliphatic heterocycles. The number of nitrogens with two attached hydrogens (primary N) is 1.